The number of ether oxygens (including phenoxy) is 2. The van der Waals surface area contributed by atoms with Crippen LogP contribution >= 0.6 is 11.6 Å². The summed E-state index contributed by atoms with van der Waals surface area (Å²) in [7, 11) is 1.36. The van der Waals surface area contributed by atoms with Crippen molar-refractivity contribution in [2.24, 2.45) is 11.7 Å². The third-order valence-electron chi connectivity index (χ3n) is 4.04. The molecule has 2 rings (SSSR count). The predicted molar refractivity (Wildman–Crippen MR) is 101 cm³/mol. The van der Waals surface area contributed by atoms with Gasteiger partial charge in [-0.25, -0.2) is 0 Å². The first-order chi connectivity index (χ1) is 12.3. The summed E-state index contributed by atoms with van der Waals surface area (Å²) in [5, 5.41) is 11.1. The number of rotatable bonds is 8. The third-order valence-corrected chi connectivity index (χ3v) is 4.29. The van der Waals surface area contributed by atoms with Crippen molar-refractivity contribution >= 4 is 17.6 Å². The van der Waals surface area contributed by atoms with Crippen molar-refractivity contribution in [3.8, 4) is 5.75 Å². The normalized spacial score (nSPS) is 14.3. The van der Waals surface area contributed by atoms with Gasteiger partial charge in [0.05, 0.1) is 20.1 Å². The van der Waals surface area contributed by atoms with E-state index in [-0.39, 0.29) is 18.3 Å². The number of methoxy groups -OCH3 is 1. The summed E-state index contributed by atoms with van der Waals surface area (Å²) in [6, 6.07) is 14.1. The minimum Gasteiger partial charge on any atom is -0.493 e. The molecule has 0 aliphatic carbocycles. The average molecular weight is 378 g/mol. The Balaban J connectivity index is 1.86. The highest BCUT2D eigenvalue weighted by molar-refractivity contribution is 6.30. The first kappa shape index (κ1) is 20.2. The number of hydrogen-bond acceptors (Lipinski definition) is 5. The lowest BCUT2D eigenvalue weighted by Gasteiger charge is -2.27. The number of esters is 1. The van der Waals surface area contributed by atoms with E-state index in [2.05, 4.69) is 4.74 Å². The molecular weight excluding hydrogens is 354 g/mol. The molecule has 2 unspecified atom stereocenters. The number of halogens is 1. The van der Waals surface area contributed by atoms with Gasteiger partial charge in [-0.05, 0) is 47.7 Å². The van der Waals surface area contributed by atoms with Crippen molar-refractivity contribution in [1.29, 1.82) is 0 Å². The molecule has 0 aliphatic heterocycles. The second-order valence-electron chi connectivity index (χ2n) is 6.45. The van der Waals surface area contributed by atoms with Gasteiger partial charge in [0.15, 0.2) is 0 Å². The summed E-state index contributed by atoms with van der Waals surface area (Å²) in [4.78, 5) is 11.3. The van der Waals surface area contributed by atoms with Crippen LogP contribution in [0.4, 0.5) is 0 Å². The molecule has 0 spiro atoms. The maximum Gasteiger partial charge on any atom is 0.309 e. The Labute approximate surface area is 158 Å². The zero-order valence-corrected chi connectivity index (χ0v) is 15.7. The predicted octanol–water partition coefficient (Wildman–Crippen LogP) is 3.26. The molecule has 0 saturated heterocycles. The third kappa shape index (κ3) is 6.02. The van der Waals surface area contributed by atoms with Crippen LogP contribution in [0.25, 0.3) is 0 Å². The van der Waals surface area contributed by atoms with E-state index < -0.39 is 5.72 Å². The van der Waals surface area contributed by atoms with Crippen molar-refractivity contribution in [3.63, 3.8) is 0 Å². The highest BCUT2D eigenvalue weighted by atomic mass is 35.5. The van der Waals surface area contributed by atoms with Crippen LogP contribution in [-0.4, -0.2) is 24.8 Å². The van der Waals surface area contributed by atoms with Gasteiger partial charge >= 0.3 is 5.97 Å². The minimum atomic E-state index is -1.45. The minimum absolute atomic E-state index is 0.0235. The van der Waals surface area contributed by atoms with Crippen molar-refractivity contribution in [1.82, 2.24) is 0 Å². The number of hydrogen-bond donors (Lipinski definition) is 2. The molecule has 5 nitrogen and oxygen atoms in total. The average Bonchev–Trinajstić information content (AvgIpc) is 2.61. The van der Waals surface area contributed by atoms with Gasteiger partial charge in [0.1, 0.15) is 11.5 Å². The molecule has 0 bridgehead atoms. The fourth-order valence-corrected chi connectivity index (χ4v) is 2.75. The molecule has 0 heterocycles. The zero-order chi connectivity index (χ0) is 19.2. The van der Waals surface area contributed by atoms with Crippen LogP contribution in [0.3, 0.4) is 0 Å². The monoisotopic (exact) mass is 377 g/mol. The first-order valence-corrected chi connectivity index (χ1v) is 8.74. The molecule has 0 radical (unpaired) electrons. The topological polar surface area (TPSA) is 81.8 Å². The maximum absolute atomic E-state index is 11.3. The van der Waals surface area contributed by atoms with Crippen LogP contribution in [0.15, 0.2) is 48.5 Å². The van der Waals surface area contributed by atoms with Gasteiger partial charge in [0.25, 0.3) is 0 Å². The van der Waals surface area contributed by atoms with Gasteiger partial charge in [0, 0.05) is 5.02 Å². The van der Waals surface area contributed by atoms with Gasteiger partial charge in [-0.1, -0.05) is 42.8 Å². The number of carbonyl (C=O) groups excluding carboxylic acids is 1. The highest BCUT2D eigenvalue weighted by Crippen LogP contribution is 2.25. The van der Waals surface area contributed by atoms with Gasteiger partial charge in [-0.2, -0.15) is 0 Å². The fourth-order valence-electron chi connectivity index (χ4n) is 2.63. The van der Waals surface area contributed by atoms with Crippen LogP contribution in [0.2, 0.25) is 5.02 Å². The van der Waals surface area contributed by atoms with Crippen LogP contribution < -0.4 is 10.5 Å². The summed E-state index contributed by atoms with van der Waals surface area (Å²) in [5.74, 6) is 0.435. The van der Waals surface area contributed by atoms with Crippen LogP contribution in [0.1, 0.15) is 24.5 Å². The highest BCUT2D eigenvalue weighted by Gasteiger charge is 2.26. The Morgan fingerprint density at radius 3 is 2.38 bits per heavy atom. The van der Waals surface area contributed by atoms with Crippen molar-refractivity contribution in [2.45, 2.75) is 25.5 Å². The molecule has 0 aromatic heterocycles. The molecule has 0 aliphatic rings. The van der Waals surface area contributed by atoms with E-state index >= 15 is 0 Å². The molecule has 26 heavy (non-hydrogen) atoms. The Kier molecular flexibility index (Phi) is 7.03. The second-order valence-corrected chi connectivity index (χ2v) is 6.88. The summed E-state index contributed by atoms with van der Waals surface area (Å²) >= 11 is 5.86. The lowest BCUT2D eigenvalue weighted by Crippen LogP contribution is -2.39. The fraction of sp³-hybridized carbons (Fsp3) is 0.350. The molecule has 0 amide bonds. The largest absolute Gasteiger partial charge is 0.493 e. The second kappa shape index (κ2) is 9.03. The van der Waals surface area contributed by atoms with Crippen LogP contribution in [-0.2, 0) is 21.7 Å². The summed E-state index contributed by atoms with van der Waals surface area (Å²) in [5.41, 5.74) is 6.07. The van der Waals surface area contributed by atoms with Gasteiger partial charge in [-0.3, -0.25) is 10.5 Å². The molecule has 140 valence electrons. The smallest absolute Gasteiger partial charge is 0.309 e. The van der Waals surface area contributed by atoms with Crippen molar-refractivity contribution in [2.75, 3.05) is 13.7 Å². The summed E-state index contributed by atoms with van der Waals surface area (Å²) in [6.45, 7) is 2.36. The number of nitrogens with two attached hydrogens (primary N) is 1. The molecule has 2 atom stereocenters. The van der Waals surface area contributed by atoms with E-state index in [1.54, 1.807) is 36.4 Å². The van der Waals surface area contributed by atoms with E-state index in [9.17, 15) is 9.90 Å². The molecular formula is C20H24ClNO4. The molecule has 2 aromatic carbocycles. The molecule has 0 fully saturated rings. The molecule has 0 saturated carbocycles. The van der Waals surface area contributed by atoms with Gasteiger partial charge in [0.2, 0.25) is 0 Å². The Hall–Kier alpha value is -2.08. The quantitative estimate of drug-likeness (QED) is 0.545. The maximum atomic E-state index is 11.3. The summed E-state index contributed by atoms with van der Waals surface area (Å²) in [6.07, 6.45) is 0.573. The van der Waals surface area contributed by atoms with Gasteiger partial charge in [-0.15, -0.1) is 0 Å². The van der Waals surface area contributed by atoms with E-state index in [1.807, 2.05) is 19.1 Å². The van der Waals surface area contributed by atoms with E-state index in [1.165, 1.54) is 7.11 Å². The zero-order valence-electron chi connectivity index (χ0n) is 14.9. The lowest BCUT2D eigenvalue weighted by molar-refractivity contribution is -0.139. The number of benzene rings is 2. The molecule has 6 heteroatoms. The molecule has 2 aromatic rings. The van der Waals surface area contributed by atoms with E-state index in [0.717, 1.165) is 5.56 Å². The van der Waals surface area contributed by atoms with Crippen LogP contribution in [0.5, 0.6) is 5.75 Å². The van der Waals surface area contributed by atoms with E-state index in [0.29, 0.717) is 29.4 Å². The first-order valence-electron chi connectivity index (χ1n) is 8.36. The Morgan fingerprint density at radius 1 is 1.19 bits per heavy atom. The van der Waals surface area contributed by atoms with E-state index in [4.69, 9.17) is 22.1 Å². The Morgan fingerprint density at radius 2 is 1.81 bits per heavy atom. The lowest BCUT2D eigenvalue weighted by atomic mass is 9.93. The SMILES string of the molecule is COC(=O)Cc1ccc(OCC(C)CC(N)(O)c2ccc(Cl)cc2)cc1. The van der Waals surface area contributed by atoms with Crippen molar-refractivity contribution in [3.05, 3.63) is 64.7 Å². The molecule has 3 N–H and O–H groups in total. The van der Waals surface area contributed by atoms with Crippen LogP contribution in [0, 0.1) is 5.92 Å². The number of aliphatic hydroxyl groups is 1. The number of carbonyl (C=O) groups is 1. The standard InChI is InChI=1S/C20H24ClNO4/c1-14(12-20(22,24)16-5-7-17(21)8-6-16)13-26-18-9-3-15(4-10-18)11-19(23)25-2/h3-10,14,24H,11-13,22H2,1-2H3. The van der Waals surface area contributed by atoms with Gasteiger partial charge < -0.3 is 14.6 Å². The summed E-state index contributed by atoms with van der Waals surface area (Å²) < 4.78 is 10.4. The van der Waals surface area contributed by atoms with Crippen molar-refractivity contribution < 1.29 is 19.4 Å². The Bertz CT molecular complexity index is 714.